The Kier molecular flexibility index (Phi) is 4.04. The third-order valence-electron chi connectivity index (χ3n) is 2.37. The molecule has 6 heteroatoms. The van der Waals surface area contributed by atoms with E-state index in [2.05, 4.69) is 17.2 Å². The standard InChI is InChI=1S/C10H15N3O3/c1-2-3-6(9(11)15)13-10(16)7-4-5-8(14)12-7/h2,6-7H,1,3-5H2,(H2,11,15)(H,12,14)(H,13,16)/t6-,7+/m0/s1. The molecule has 6 nitrogen and oxygen atoms in total. The van der Waals surface area contributed by atoms with Crippen molar-refractivity contribution in [1.82, 2.24) is 10.6 Å². The summed E-state index contributed by atoms with van der Waals surface area (Å²) >= 11 is 0. The maximum absolute atomic E-state index is 11.6. The van der Waals surface area contributed by atoms with Crippen molar-refractivity contribution in [2.24, 2.45) is 5.73 Å². The van der Waals surface area contributed by atoms with Gasteiger partial charge in [-0.05, 0) is 12.8 Å². The van der Waals surface area contributed by atoms with Gasteiger partial charge in [-0.1, -0.05) is 6.08 Å². The van der Waals surface area contributed by atoms with Gasteiger partial charge in [0.15, 0.2) is 0 Å². The van der Waals surface area contributed by atoms with Crippen LogP contribution in [-0.4, -0.2) is 29.8 Å². The summed E-state index contributed by atoms with van der Waals surface area (Å²) in [6.45, 7) is 3.47. The molecule has 0 radical (unpaired) electrons. The smallest absolute Gasteiger partial charge is 0.243 e. The summed E-state index contributed by atoms with van der Waals surface area (Å²) in [5, 5.41) is 4.99. The lowest BCUT2D eigenvalue weighted by Crippen LogP contribution is -2.50. The maximum atomic E-state index is 11.6. The molecule has 1 aliphatic rings. The summed E-state index contributed by atoms with van der Waals surface area (Å²) in [5.74, 6) is -1.14. The Morgan fingerprint density at radius 2 is 2.38 bits per heavy atom. The van der Waals surface area contributed by atoms with Crippen LogP contribution in [0.2, 0.25) is 0 Å². The molecule has 1 aliphatic heterocycles. The van der Waals surface area contributed by atoms with Crippen LogP contribution in [0.3, 0.4) is 0 Å². The van der Waals surface area contributed by atoms with Crippen LogP contribution < -0.4 is 16.4 Å². The Morgan fingerprint density at radius 3 is 2.81 bits per heavy atom. The van der Waals surface area contributed by atoms with E-state index in [0.717, 1.165) is 0 Å². The van der Waals surface area contributed by atoms with Crippen LogP contribution in [0.15, 0.2) is 12.7 Å². The number of nitrogens with two attached hydrogens (primary N) is 1. The van der Waals surface area contributed by atoms with Gasteiger partial charge in [-0.25, -0.2) is 0 Å². The van der Waals surface area contributed by atoms with E-state index < -0.39 is 18.0 Å². The van der Waals surface area contributed by atoms with Crippen LogP contribution in [0.5, 0.6) is 0 Å². The maximum Gasteiger partial charge on any atom is 0.243 e. The summed E-state index contributed by atoms with van der Waals surface area (Å²) in [6.07, 6.45) is 2.57. The lowest BCUT2D eigenvalue weighted by atomic mass is 10.1. The van der Waals surface area contributed by atoms with Crippen molar-refractivity contribution in [1.29, 1.82) is 0 Å². The van der Waals surface area contributed by atoms with Crippen molar-refractivity contribution < 1.29 is 14.4 Å². The van der Waals surface area contributed by atoms with Gasteiger partial charge >= 0.3 is 0 Å². The minimum Gasteiger partial charge on any atom is -0.368 e. The van der Waals surface area contributed by atoms with Crippen molar-refractivity contribution in [3.05, 3.63) is 12.7 Å². The molecule has 1 heterocycles. The van der Waals surface area contributed by atoms with Gasteiger partial charge in [0.25, 0.3) is 0 Å². The predicted octanol–water partition coefficient (Wildman–Crippen LogP) is -1.19. The molecule has 3 amide bonds. The van der Waals surface area contributed by atoms with E-state index in [-0.39, 0.29) is 18.2 Å². The minimum atomic E-state index is -0.762. The second-order valence-corrected chi connectivity index (χ2v) is 3.65. The molecule has 0 aromatic heterocycles. The molecule has 1 rings (SSSR count). The SMILES string of the molecule is C=CC[C@H](NC(=O)[C@H]1CCC(=O)N1)C(N)=O. The van der Waals surface area contributed by atoms with E-state index in [4.69, 9.17) is 5.73 Å². The van der Waals surface area contributed by atoms with Crippen LogP contribution in [-0.2, 0) is 14.4 Å². The van der Waals surface area contributed by atoms with E-state index in [1.54, 1.807) is 0 Å². The summed E-state index contributed by atoms with van der Waals surface area (Å²) in [7, 11) is 0. The highest BCUT2D eigenvalue weighted by molar-refractivity contribution is 5.93. The van der Waals surface area contributed by atoms with Crippen LogP contribution in [0.4, 0.5) is 0 Å². The summed E-state index contributed by atoms with van der Waals surface area (Å²) in [5.41, 5.74) is 5.11. The van der Waals surface area contributed by atoms with E-state index in [1.807, 2.05) is 0 Å². The molecule has 0 aliphatic carbocycles. The zero-order valence-corrected chi connectivity index (χ0v) is 8.86. The van der Waals surface area contributed by atoms with Crippen LogP contribution in [0, 0.1) is 0 Å². The van der Waals surface area contributed by atoms with Crippen LogP contribution in [0.1, 0.15) is 19.3 Å². The molecular formula is C10H15N3O3. The summed E-state index contributed by atoms with van der Waals surface area (Å²) in [6, 6.07) is -1.32. The van der Waals surface area contributed by atoms with E-state index in [9.17, 15) is 14.4 Å². The summed E-state index contributed by atoms with van der Waals surface area (Å²) < 4.78 is 0. The van der Waals surface area contributed by atoms with Gasteiger partial charge in [-0.15, -0.1) is 6.58 Å². The van der Waals surface area contributed by atoms with Gasteiger partial charge in [0.1, 0.15) is 12.1 Å². The Morgan fingerprint density at radius 1 is 1.69 bits per heavy atom. The van der Waals surface area contributed by atoms with Gasteiger partial charge in [-0.3, -0.25) is 14.4 Å². The predicted molar refractivity (Wildman–Crippen MR) is 57.1 cm³/mol. The topological polar surface area (TPSA) is 101 Å². The molecule has 2 atom stereocenters. The first-order chi connectivity index (χ1) is 7.54. The average molecular weight is 225 g/mol. The highest BCUT2D eigenvalue weighted by Crippen LogP contribution is 2.07. The second-order valence-electron chi connectivity index (χ2n) is 3.65. The molecule has 0 aromatic carbocycles. The van der Waals surface area contributed by atoms with Crippen LogP contribution in [0.25, 0.3) is 0 Å². The molecule has 0 saturated carbocycles. The largest absolute Gasteiger partial charge is 0.368 e. The first kappa shape index (κ1) is 12.2. The van der Waals surface area contributed by atoms with Gasteiger partial charge in [-0.2, -0.15) is 0 Å². The second kappa shape index (κ2) is 5.29. The normalized spacial score (nSPS) is 21.0. The molecule has 1 saturated heterocycles. The third kappa shape index (κ3) is 3.08. The fourth-order valence-corrected chi connectivity index (χ4v) is 1.50. The van der Waals surface area contributed by atoms with Crippen molar-refractivity contribution in [3.63, 3.8) is 0 Å². The van der Waals surface area contributed by atoms with Gasteiger partial charge in [0.05, 0.1) is 0 Å². The average Bonchev–Trinajstić information content (AvgIpc) is 2.64. The number of carbonyl (C=O) groups is 3. The minimum absolute atomic E-state index is 0.153. The number of hydrogen-bond acceptors (Lipinski definition) is 3. The quantitative estimate of drug-likeness (QED) is 0.513. The molecule has 1 fully saturated rings. The summed E-state index contributed by atoms with van der Waals surface area (Å²) in [4.78, 5) is 33.5. The van der Waals surface area contributed by atoms with Gasteiger partial charge in [0, 0.05) is 6.42 Å². The van der Waals surface area contributed by atoms with E-state index in [1.165, 1.54) is 6.08 Å². The van der Waals surface area contributed by atoms with E-state index in [0.29, 0.717) is 12.8 Å². The molecule has 4 N–H and O–H groups in total. The first-order valence-electron chi connectivity index (χ1n) is 5.04. The molecular weight excluding hydrogens is 210 g/mol. The van der Waals surface area contributed by atoms with Gasteiger partial charge in [0.2, 0.25) is 17.7 Å². The lowest BCUT2D eigenvalue weighted by Gasteiger charge is -2.16. The van der Waals surface area contributed by atoms with Crippen molar-refractivity contribution in [3.8, 4) is 0 Å². The number of rotatable bonds is 5. The van der Waals surface area contributed by atoms with Crippen molar-refractivity contribution in [2.75, 3.05) is 0 Å². The fourth-order valence-electron chi connectivity index (χ4n) is 1.50. The Labute approximate surface area is 93.3 Å². The molecule has 0 spiro atoms. The number of hydrogen-bond donors (Lipinski definition) is 3. The number of primary amides is 1. The highest BCUT2D eigenvalue weighted by Gasteiger charge is 2.29. The molecule has 16 heavy (non-hydrogen) atoms. The monoisotopic (exact) mass is 225 g/mol. The van der Waals surface area contributed by atoms with Gasteiger partial charge < -0.3 is 16.4 Å². The highest BCUT2D eigenvalue weighted by atomic mass is 16.2. The first-order valence-corrected chi connectivity index (χ1v) is 5.04. The molecule has 0 unspecified atom stereocenters. The van der Waals surface area contributed by atoms with Crippen LogP contribution >= 0.6 is 0 Å². The Balaban J connectivity index is 2.51. The number of nitrogens with one attached hydrogen (secondary N) is 2. The zero-order chi connectivity index (χ0) is 12.1. The zero-order valence-electron chi connectivity index (χ0n) is 8.86. The molecule has 88 valence electrons. The Hall–Kier alpha value is -1.85. The fraction of sp³-hybridized carbons (Fsp3) is 0.500. The van der Waals surface area contributed by atoms with E-state index >= 15 is 0 Å². The lowest BCUT2D eigenvalue weighted by molar-refractivity contribution is -0.129. The molecule has 0 aromatic rings. The van der Waals surface area contributed by atoms with Crippen molar-refractivity contribution >= 4 is 17.7 Å². The number of carbonyl (C=O) groups excluding carboxylic acids is 3. The third-order valence-corrected chi connectivity index (χ3v) is 2.37. The Bertz CT molecular complexity index is 327. The van der Waals surface area contributed by atoms with Crippen molar-refractivity contribution in [2.45, 2.75) is 31.3 Å². The molecule has 0 bridgehead atoms. The number of amides is 3.